The molecule has 1 amide bonds. The molecule has 3 atom stereocenters. The summed E-state index contributed by atoms with van der Waals surface area (Å²) in [6.45, 7) is 4.02. The number of aromatic nitrogens is 1. The topological polar surface area (TPSA) is 66.6 Å². The second kappa shape index (κ2) is 4.34. The van der Waals surface area contributed by atoms with Gasteiger partial charge >= 0.3 is 0 Å². The molecule has 2 fully saturated rings. The molecule has 5 nitrogen and oxygen atoms in total. The molecule has 3 heterocycles. The number of hydrogen-bond acceptors (Lipinski definition) is 4. The SMILES string of the molecule is CC[C@]1(CO)C[C@H]2CC[C@@H]1N2C(=O)c1ncoc1C. The van der Waals surface area contributed by atoms with Crippen LogP contribution in [0.1, 0.15) is 48.9 Å². The Bertz CT molecular complexity index is 493. The standard InChI is InChI=1S/C14H20N2O3/c1-3-14(7-17)6-10-4-5-11(14)16(10)13(18)12-9(2)19-8-15-12/h8,10-11,17H,3-7H2,1-2H3/t10-,11+,14-/m1/s1. The molecule has 104 valence electrons. The molecule has 0 spiro atoms. The zero-order chi connectivity index (χ0) is 13.6. The Hall–Kier alpha value is -1.36. The Labute approximate surface area is 112 Å². The van der Waals surface area contributed by atoms with Crippen LogP contribution in [0, 0.1) is 12.3 Å². The average Bonchev–Trinajstić information content (AvgIpc) is 3.10. The van der Waals surface area contributed by atoms with E-state index in [0.29, 0.717) is 11.5 Å². The van der Waals surface area contributed by atoms with Crippen molar-refractivity contribution in [1.29, 1.82) is 0 Å². The van der Waals surface area contributed by atoms with Crippen LogP contribution < -0.4 is 0 Å². The summed E-state index contributed by atoms with van der Waals surface area (Å²) in [6, 6.07) is 0.400. The van der Waals surface area contributed by atoms with Crippen molar-refractivity contribution >= 4 is 5.91 Å². The summed E-state index contributed by atoms with van der Waals surface area (Å²) in [7, 11) is 0. The van der Waals surface area contributed by atoms with Crippen molar-refractivity contribution in [2.24, 2.45) is 5.41 Å². The van der Waals surface area contributed by atoms with Gasteiger partial charge in [0.1, 0.15) is 5.76 Å². The highest BCUT2D eigenvalue weighted by molar-refractivity contribution is 5.94. The molecule has 2 aliphatic heterocycles. The fourth-order valence-electron chi connectivity index (χ4n) is 3.89. The average molecular weight is 264 g/mol. The maximum absolute atomic E-state index is 12.6. The predicted octanol–water partition coefficient (Wildman–Crippen LogP) is 1.75. The lowest BCUT2D eigenvalue weighted by Gasteiger charge is -2.34. The van der Waals surface area contributed by atoms with Crippen LogP contribution >= 0.6 is 0 Å². The molecular formula is C14H20N2O3. The number of carbonyl (C=O) groups is 1. The maximum Gasteiger partial charge on any atom is 0.276 e. The van der Waals surface area contributed by atoms with Gasteiger partial charge in [0.05, 0.1) is 6.61 Å². The summed E-state index contributed by atoms with van der Waals surface area (Å²) in [4.78, 5) is 18.6. The van der Waals surface area contributed by atoms with Gasteiger partial charge in [0.15, 0.2) is 12.1 Å². The number of aliphatic hydroxyl groups excluding tert-OH is 1. The molecule has 2 aliphatic rings. The van der Waals surface area contributed by atoms with Gasteiger partial charge < -0.3 is 14.4 Å². The van der Waals surface area contributed by atoms with Crippen LogP contribution in [0.15, 0.2) is 10.8 Å². The highest BCUT2D eigenvalue weighted by Gasteiger charge is 2.56. The van der Waals surface area contributed by atoms with Gasteiger partial charge in [0, 0.05) is 17.5 Å². The fourth-order valence-corrected chi connectivity index (χ4v) is 3.89. The first-order valence-corrected chi connectivity index (χ1v) is 6.96. The third-order valence-corrected chi connectivity index (χ3v) is 5.05. The molecule has 0 radical (unpaired) electrons. The molecule has 0 aromatic carbocycles. The van der Waals surface area contributed by atoms with E-state index in [1.165, 1.54) is 6.39 Å². The number of hydrogen-bond donors (Lipinski definition) is 1. The second-order valence-corrected chi connectivity index (χ2v) is 5.79. The van der Waals surface area contributed by atoms with E-state index in [2.05, 4.69) is 11.9 Å². The van der Waals surface area contributed by atoms with Gasteiger partial charge in [-0.3, -0.25) is 4.79 Å². The zero-order valence-corrected chi connectivity index (χ0v) is 11.4. The normalized spacial score (nSPS) is 33.1. The van der Waals surface area contributed by atoms with Crippen molar-refractivity contribution in [2.45, 2.75) is 51.6 Å². The van der Waals surface area contributed by atoms with Gasteiger partial charge in [0.25, 0.3) is 5.91 Å². The van der Waals surface area contributed by atoms with Crippen LogP contribution in [-0.4, -0.2) is 39.6 Å². The van der Waals surface area contributed by atoms with E-state index in [1.54, 1.807) is 6.92 Å². The number of aliphatic hydroxyl groups is 1. The van der Waals surface area contributed by atoms with Crippen molar-refractivity contribution in [2.75, 3.05) is 6.61 Å². The molecule has 0 saturated carbocycles. The van der Waals surface area contributed by atoms with E-state index in [-0.39, 0.29) is 30.0 Å². The molecular weight excluding hydrogens is 244 g/mol. The van der Waals surface area contributed by atoms with Gasteiger partial charge in [-0.25, -0.2) is 4.98 Å². The Morgan fingerprint density at radius 2 is 2.42 bits per heavy atom. The van der Waals surface area contributed by atoms with E-state index in [0.717, 1.165) is 25.7 Å². The van der Waals surface area contributed by atoms with Crippen LogP contribution in [0.2, 0.25) is 0 Å². The van der Waals surface area contributed by atoms with Gasteiger partial charge in [0.2, 0.25) is 0 Å². The summed E-state index contributed by atoms with van der Waals surface area (Å²) < 4.78 is 5.13. The summed E-state index contributed by atoms with van der Waals surface area (Å²) in [5, 5.41) is 9.75. The molecule has 2 saturated heterocycles. The van der Waals surface area contributed by atoms with E-state index in [1.807, 2.05) is 4.90 Å². The van der Waals surface area contributed by atoms with E-state index >= 15 is 0 Å². The molecule has 1 N–H and O–H groups in total. The Balaban J connectivity index is 1.91. The summed E-state index contributed by atoms with van der Waals surface area (Å²) >= 11 is 0. The molecule has 19 heavy (non-hydrogen) atoms. The lowest BCUT2D eigenvalue weighted by Crippen LogP contribution is -2.42. The molecule has 1 aromatic rings. The minimum atomic E-state index is -0.115. The molecule has 1 aromatic heterocycles. The summed E-state index contributed by atoms with van der Waals surface area (Å²) in [5.41, 5.74) is 0.303. The van der Waals surface area contributed by atoms with Crippen LogP contribution in [-0.2, 0) is 0 Å². The lowest BCUT2D eigenvalue weighted by atomic mass is 9.72. The van der Waals surface area contributed by atoms with Gasteiger partial charge in [-0.2, -0.15) is 0 Å². The number of carbonyl (C=O) groups excluding carboxylic acids is 1. The summed E-state index contributed by atoms with van der Waals surface area (Å²) in [5.74, 6) is 0.532. The van der Waals surface area contributed by atoms with Crippen molar-refractivity contribution in [3.8, 4) is 0 Å². The largest absolute Gasteiger partial charge is 0.448 e. The van der Waals surface area contributed by atoms with Crippen molar-refractivity contribution in [1.82, 2.24) is 9.88 Å². The summed E-state index contributed by atoms with van der Waals surface area (Å²) in [6.07, 6.45) is 5.16. The third-order valence-electron chi connectivity index (χ3n) is 5.05. The predicted molar refractivity (Wildman–Crippen MR) is 68.6 cm³/mol. The monoisotopic (exact) mass is 264 g/mol. The minimum absolute atomic E-state index is 0.0393. The highest BCUT2D eigenvalue weighted by atomic mass is 16.3. The molecule has 3 rings (SSSR count). The number of nitrogens with zero attached hydrogens (tertiary/aromatic N) is 2. The van der Waals surface area contributed by atoms with Gasteiger partial charge in [-0.15, -0.1) is 0 Å². The third kappa shape index (κ3) is 1.64. The van der Waals surface area contributed by atoms with Gasteiger partial charge in [-0.1, -0.05) is 6.92 Å². The number of fused-ring (bicyclic) bond motifs is 2. The highest BCUT2D eigenvalue weighted by Crippen LogP contribution is 2.51. The van der Waals surface area contributed by atoms with E-state index in [4.69, 9.17) is 4.42 Å². The second-order valence-electron chi connectivity index (χ2n) is 5.79. The van der Waals surface area contributed by atoms with Crippen molar-refractivity contribution in [3.63, 3.8) is 0 Å². The quantitative estimate of drug-likeness (QED) is 0.903. The fraction of sp³-hybridized carbons (Fsp3) is 0.714. The molecule has 0 aliphatic carbocycles. The molecule has 5 heteroatoms. The molecule has 0 unspecified atom stereocenters. The molecule has 2 bridgehead atoms. The van der Waals surface area contributed by atoms with E-state index < -0.39 is 0 Å². The van der Waals surface area contributed by atoms with Crippen LogP contribution in [0.5, 0.6) is 0 Å². The first-order valence-electron chi connectivity index (χ1n) is 6.96. The maximum atomic E-state index is 12.6. The smallest absolute Gasteiger partial charge is 0.276 e. The van der Waals surface area contributed by atoms with Gasteiger partial charge in [-0.05, 0) is 32.6 Å². The first-order chi connectivity index (χ1) is 9.13. The van der Waals surface area contributed by atoms with Crippen LogP contribution in [0.4, 0.5) is 0 Å². The Morgan fingerprint density at radius 1 is 1.63 bits per heavy atom. The van der Waals surface area contributed by atoms with Crippen molar-refractivity contribution < 1.29 is 14.3 Å². The Morgan fingerprint density at radius 3 is 2.95 bits per heavy atom. The number of amides is 1. The van der Waals surface area contributed by atoms with Crippen LogP contribution in [0.3, 0.4) is 0 Å². The Kier molecular flexibility index (Phi) is 2.89. The minimum Gasteiger partial charge on any atom is -0.448 e. The number of aryl methyl sites for hydroxylation is 1. The van der Waals surface area contributed by atoms with E-state index in [9.17, 15) is 9.90 Å². The lowest BCUT2D eigenvalue weighted by molar-refractivity contribution is 0.0552. The zero-order valence-electron chi connectivity index (χ0n) is 11.4. The van der Waals surface area contributed by atoms with Crippen LogP contribution in [0.25, 0.3) is 0 Å². The van der Waals surface area contributed by atoms with Crippen molar-refractivity contribution in [3.05, 3.63) is 17.8 Å². The number of oxazole rings is 1. The number of rotatable bonds is 3. The first kappa shape index (κ1) is 12.7.